The molecule has 0 N–H and O–H groups in total. The zero-order chi connectivity index (χ0) is 13.4. The SMILES string of the molecule is CC(C)N1CCO[C@H]2CN(C(=O)c3ccoc3)C[C@H]21. The number of morpholine rings is 1. The van der Waals surface area contributed by atoms with E-state index in [1.54, 1.807) is 6.07 Å². The highest BCUT2D eigenvalue weighted by Gasteiger charge is 2.42. The first-order valence-corrected chi connectivity index (χ1v) is 6.85. The Bertz CT molecular complexity index is 444. The molecule has 2 saturated heterocycles. The van der Waals surface area contributed by atoms with Gasteiger partial charge >= 0.3 is 0 Å². The van der Waals surface area contributed by atoms with Crippen molar-refractivity contribution in [2.45, 2.75) is 32.0 Å². The number of rotatable bonds is 2. The van der Waals surface area contributed by atoms with Gasteiger partial charge in [0.2, 0.25) is 0 Å². The van der Waals surface area contributed by atoms with E-state index in [4.69, 9.17) is 9.15 Å². The Balaban J connectivity index is 1.73. The number of furan rings is 1. The zero-order valence-corrected chi connectivity index (χ0v) is 11.4. The fraction of sp³-hybridized carbons (Fsp3) is 0.643. The minimum absolute atomic E-state index is 0.0375. The van der Waals surface area contributed by atoms with Gasteiger partial charge in [-0.25, -0.2) is 0 Å². The average molecular weight is 264 g/mol. The summed E-state index contributed by atoms with van der Waals surface area (Å²) >= 11 is 0. The van der Waals surface area contributed by atoms with E-state index in [1.165, 1.54) is 12.5 Å². The van der Waals surface area contributed by atoms with Crippen molar-refractivity contribution in [1.29, 1.82) is 0 Å². The molecule has 0 radical (unpaired) electrons. The summed E-state index contributed by atoms with van der Waals surface area (Å²) in [6.07, 6.45) is 3.19. The zero-order valence-electron chi connectivity index (χ0n) is 11.4. The molecule has 0 unspecified atom stereocenters. The Kier molecular flexibility index (Phi) is 3.33. The quantitative estimate of drug-likeness (QED) is 0.805. The van der Waals surface area contributed by atoms with Crippen LogP contribution in [0.15, 0.2) is 23.0 Å². The Hall–Kier alpha value is -1.33. The number of carbonyl (C=O) groups excluding carboxylic acids is 1. The van der Waals surface area contributed by atoms with Crippen LogP contribution in [0, 0.1) is 0 Å². The molecule has 2 aliphatic rings. The molecule has 104 valence electrons. The summed E-state index contributed by atoms with van der Waals surface area (Å²) in [5.74, 6) is 0.0375. The van der Waals surface area contributed by atoms with Gasteiger partial charge in [0.05, 0.1) is 30.6 Å². The number of ether oxygens (including phenoxy) is 1. The summed E-state index contributed by atoms with van der Waals surface area (Å²) in [6, 6.07) is 2.52. The van der Waals surface area contributed by atoms with E-state index in [1.807, 2.05) is 4.90 Å². The van der Waals surface area contributed by atoms with E-state index < -0.39 is 0 Å². The minimum Gasteiger partial charge on any atom is -0.472 e. The molecule has 0 aliphatic carbocycles. The van der Waals surface area contributed by atoms with Crippen LogP contribution in [-0.4, -0.2) is 60.1 Å². The number of hydrogen-bond donors (Lipinski definition) is 0. The van der Waals surface area contributed by atoms with Gasteiger partial charge in [-0.05, 0) is 19.9 Å². The molecule has 2 fully saturated rings. The van der Waals surface area contributed by atoms with Gasteiger partial charge in [-0.2, -0.15) is 0 Å². The molecule has 0 bridgehead atoms. The first-order valence-electron chi connectivity index (χ1n) is 6.85. The summed E-state index contributed by atoms with van der Waals surface area (Å²) in [5, 5.41) is 0. The molecule has 1 amide bonds. The summed E-state index contributed by atoms with van der Waals surface area (Å²) < 4.78 is 10.8. The molecule has 2 aliphatic heterocycles. The van der Waals surface area contributed by atoms with E-state index in [2.05, 4.69) is 18.7 Å². The van der Waals surface area contributed by atoms with E-state index in [0.29, 0.717) is 24.2 Å². The molecule has 1 aromatic heterocycles. The molecule has 0 spiro atoms. The summed E-state index contributed by atoms with van der Waals surface area (Å²) in [5.41, 5.74) is 0.620. The van der Waals surface area contributed by atoms with Gasteiger partial charge in [0.25, 0.3) is 5.91 Å². The molecule has 0 saturated carbocycles. The van der Waals surface area contributed by atoms with E-state index in [-0.39, 0.29) is 12.0 Å². The van der Waals surface area contributed by atoms with Crippen LogP contribution in [0.3, 0.4) is 0 Å². The van der Waals surface area contributed by atoms with Crippen LogP contribution >= 0.6 is 0 Å². The number of nitrogens with zero attached hydrogens (tertiary/aromatic N) is 2. The second kappa shape index (κ2) is 4.98. The smallest absolute Gasteiger partial charge is 0.257 e. The predicted molar refractivity (Wildman–Crippen MR) is 70.0 cm³/mol. The number of hydrogen-bond acceptors (Lipinski definition) is 4. The molecule has 19 heavy (non-hydrogen) atoms. The van der Waals surface area contributed by atoms with Crippen molar-refractivity contribution in [3.63, 3.8) is 0 Å². The average Bonchev–Trinajstić information content (AvgIpc) is 3.06. The number of carbonyl (C=O) groups is 1. The fourth-order valence-electron chi connectivity index (χ4n) is 3.09. The van der Waals surface area contributed by atoms with Crippen LogP contribution in [0.25, 0.3) is 0 Å². The summed E-state index contributed by atoms with van der Waals surface area (Å²) in [7, 11) is 0. The first kappa shape index (κ1) is 12.7. The van der Waals surface area contributed by atoms with Gasteiger partial charge in [-0.3, -0.25) is 9.69 Å². The monoisotopic (exact) mass is 264 g/mol. The lowest BCUT2D eigenvalue weighted by molar-refractivity contribution is -0.0582. The maximum absolute atomic E-state index is 12.3. The van der Waals surface area contributed by atoms with Crippen LogP contribution in [0.5, 0.6) is 0 Å². The maximum Gasteiger partial charge on any atom is 0.257 e. The lowest BCUT2D eigenvalue weighted by Gasteiger charge is -2.39. The topological polar surface area (TPSA) is 45.9 Å². The molecule has 2 atom stereocenters. The lowest BCUT2D eigenvalue weighted by atomic mass is 10.1. The standard InChI is InChI=1S/C14H20N2O3/c1-10(2)16-4-6-19-13-8-15(7-12(13)16)14(17)11-3-5-18-9-11/h3,5,9-10,12-13H,4,6-8H2,1-2H3/t12-,13+/m1/s1. The van der Waals surface area contributed by atoms with E-state index in [9.17, 15) is 4.79 Å². The first-order chi connectivity index (χ1) is 9.16. The maximum atomic E-state index is 12.3. The normalized spacial score (nSPS) is 27.8. The largest absolute Gasteiger partial charge is 0.472 e. The predicted octanol–water partition coefficient (Wildman–Crippen LogP) is 1.21. The fourth-order valence-corrected chi connectivity index (χ4v) is 3.09. The highest BCUT2D eigenvalue weighted by molar-refractivity contribution is 5.94. The summed E-state index contributed by atoms with van der Waals surface area (Å²) in [4.78, 5) is 16.6. The number of fused-ring (bicyclic) bond motifs is 1. The second-order valence-electron chi connectivity index (χ2n) is 5.53. The van der Waals surface area contributed by atoms with Crippen LogP contribution < -0.4 is 0 Å². The Morgan fingerprint density at radius 1 is 1.42 bits per heavy atom. The van der Waals surface area contributed by atoms with E-state index >= 15 is 0 Å². The van der Waals surface area contributed by atoms with Crippen molar-refractivity contribution in [2.75, 3.05) is 26.2 Å². The molecule has 0 aromatic carbocycles. The van der Waals surface area contributed by atoms with Crippen molar-refractivity contribution >= 4 is 5.91 Å². The highest BCUT2D eigenvalue weighted by Crippen LogP contribution is 2.25. The third kappa shape index (κ3) is 2.28. The number of amides is 1. The van der Waals surface area contributed by atoms with Crippen molar-refractivity contribution in [1.82, 2.24) is 9.80 Å². The van der Waals surface area contributed by atoms with Gasteiger partial charge < -0.3 is 14.1 Å². The molecule has 1 aromatic rings. The Morgan fingerprint density at radius 3 is 2.95 bits per heavy atom. The third-order valence-corrected chi connectivity index (χ3v) is 4.06. The molecule has 5 nitrogen and oxygen atoms in total. The van der Waals surface area contributed by atoms with E-state index in [0.717, 1.165) is 19.7 Å². The second-order valence-corrected chi connectivity index (χ2v) is 5.53. The van der Waals surface area contributed by atoms with Gasteiger partial charge in [-0.1, -0.05) is 0 Å². The third-order valence-electron chi connectivity index (χ3n) is 4.06. The molecular weight excluding hydrogens is 244 g/mol. The van der Waals surface area contributed by atoms with Crippen LogP contribution in [0.4, 0.5) is 0 Å². The molecule has 3 rings (SSSR count). The lowest BCUT2D eigenvalue weighted by Crippen LogP contribution is -2.53. The summed E-state index contributed by atoms with van der Waals surface area (Å²) in [6.45, 7) is 7.52. The van der Waals surface area contributed by atoms with Crippen LogP contribution in [0.1, 0.15) is 24.2 Å². The van der Waals surface area contributed by atoms with Crippen LogP contribution in [0.2, 0.25) is 0 Å². The Labute approximate surface area is 113 Å². The molecule has 5 heteroatoms. The molecular formula is C14H20N2O3. The van der Waals surface area contributed by atoms with Gasteiger partial charge in [0.1, 0.15) is 6.26 Å². The van der Waals surface area contributed by atoms with Crippen molar-refractivity contribution in [2.24, 2.45) is 0 Å². The van der Waals surface area contributed by atoms with Crippen molar-refractivity contribution in [3.05, 3.63) is 24.2 Å². The van der Waals surface area contributed by atoms with Crippen molar-refractivity contribution in [3.8, 4) is 0 Å². The molecule has 3 heterocycles. The number of likely N-dealkylation sites (tertiary alicyclic amines) is 1. The Morgan fingerprint density at radius 2 is 2.26 bits per heavy atom. The minimum atomic E-state index is 0.0375. The van der Waals surface area contributed by atoms with Crippen LogP contribution in [-0.2, 0) is 4.74 Å². The van der Waals surface area contributed by atoms with Gasteiger partial charge in [0.15, 0.2) is 0 Å². The van der Waals surface area contributed by atoms with Gasteiger partial charge in [-0.15, -0.1) is 0 Å². The van der Waals surface area contributed by atoms with Crippen molar-refractivity contribution < 1.29 is 13.9 Å². The highest BCUT2D eigenvalue weighted by atomic mass is 16.5. The van der Waals surface area contributed by atoms with Gasteiger partial charge in [0, 0.05) is 25.7 Å².